The SMILES string of the molecule is Nc1nc2cc(-c3cc(C(=O)O)cnc3Cl)ccn2n1. The van der Waals surface area contributed by atoms with Crippen molar-refractivity contribution in [1.29, 1.82) is 0 Å². The molecule has 3 aromatic rings. The summed E-state index contributed by atoms with van der Waals surface area (Å²) in [6, 6.07) is 4.90. The van der Waals surface area contributed by atoms with Gasteiger partial charge in [-0.2, -0.15) is 4.98 Å². The van der Waals surface area contributed by atoms with Crippen molar-refractivity contribution in [3.63, 3.8) is 0 Å². The highest BCUT2D eigenvalue weighted by Gasteiger charge is 2.11. The Bertz CT molecular complexity index is 830. The number of carboxylic acids is 1. The Morgan fingerprint density at radius 2 is 2.20 bits per heavy atom. The largest absolute Gasteiger partial charge is 0.478 e. The molecule has 7 nitrogen and oxygen atoms in total. The molecule has 0 aliphatic heterocycles. The first kappa shape index (κ1) is 12.4. The van der Waals surface area contributed by atoms with Gasteiger partial charge >= 0.3 is 5.97 Å². The lowest BCUT2D eigenvalue weighted by Crippen LogP contribution is -1.98. The molecule has 0 atom stereocenters. The number of hydrogen-bond acceptors (Lipinski definition) is 5. The van der Waals surface area contributed by atoms with Crippen molar-refractivity contribution >= 4 is 29.2 Å². The second kappa shape index (κ2) is 4.46. The topological polar surface area (TPSA) is 106 Å². The second-order valence-corrected chi connectivity index (χ2v) is 4.41. The predicted octanol–water partition coefficient (Wildman–Crippen LogP) is 1.73. The van der Waals surface area contributed by atoms with Crippen LogP contribution in [-0.4, -0.2) is 30.7 Å². The molecule has 3 N–H and O–H groups in total. The number of nitrogens with two attached hydrogens (primary N) is 1. The summed E-state index contributed by atoms with van der Waals surface area (Å²) in [7, 11) is 0. The number of anilines is 1. The number of rotatable bonds is 2. The zero-order valence-corrected chi connectivity index (χ0v) is 10.7. The molecule has 8 heteroatoms. The van der Waals surface area contributed by atoms with Crippen molar-refractivity contribution in [2.45, 2.75) is 0 Å². The number of carboxylic acid groups (broad SMARTS) is 1. The number of nitrogens with zero attached hydrogens (tertiary/aromatic N) is 4. The predicted molar refractivity (Wildman–Crippen MR) is 72.6 cm³/mol. The van der Waals surface area contributed by atoms with Crippen LogP contribution in [0.3, 0.4) is 0 Å². The summed E-state index contributed by atoms with van der Waals surface area (Å²) in [5.41, 5.74) is 7.31. The fourth-order valence-electron chi connectivity index (χ4n) is 1.83. The lowest BCUT2D eigenvalue weighted by atomic mass is 10.1. The molecule has 0 amide bonds. The maximum Gasteiger partial charge on any atom is 0.337 e. The molecule has 0 radical (unpaired) electrons. The fraction of sp³-hybridized carbons (Fsp3) is 0. The summed E-state index contributed by atoms with van der Waals surface area (Å²) in [5, 5.41) is 13.2. The molecule has 0 aliphatic carbocycles. The summed E-state index contributed by atoms with van der Waals surface area (Å²) < 4.78 is 1.52. The zero-order chi connectivity index (χ0) is 14.3. The van der Waals surface area contributed by atoms with E-state index in [0.717, 1.165) is 0 Å². The van der Waals surface area contributed by atoms with Gasteiger partial charge in [0.05, 0.1) is 5.56 Å². The van der Waals surface area contributed by atoms with Crippen molar-refractivity contribution < 1.29 is 9.90 Å². The molecule has 3 aromatic heterocycles. The summed E-state index contributed by atoms with van der Waals surface area (Å²) in [5.74, 6) is -0.908. The number of fused-ring (bicyclic) bond motifs is 1. The van der Waals surface area contributed by atoms with E-state index in [1.165, 1.54) is 16.8 Å². The maximum atomic E-state index is 11.0. The van der Waals surface area contributed by atoms with Crippen LogP contribution >= 0.6 is 11.6 Å². The van der Waals surface area contributed by atoms with E-state index < -0.39 is 5.97 Å². The van der Waals surface area contributed by atoms with Crippen LogP contribution in [0, 0.1) is 0 Å². The Labute approximate surface area is 117 Å². The van der Waals surface area contributed by atoms with E-state index in [0.29, 0.717) is 16.8 Å². The number of carbonyl (C=O) groups is 1. The van der Waals surface area contributed by atoms with Crippen LogP contribution < -0.4 is 5.73 Å². The number of halogens is 1. The van der Waals surface area contributed by atoms with Gasteiger partial charge in [-0.05, 0) is 23.8 Å². The summed E-state index contributed by atoms with van der Waals surface area (Å²) in [6.45, 7) is 0. The van der Waals surface area contributed by atoms with Crippen LogP contribution in [0.4, 0.5) is 5.95 Å². The Hall–Kier alpha value is -2.67. The number of nitrogen functional groups attached to an aromatic ring is 1. The Kier molecular flexibility index (Phi) is 2.76. The lowest BCUT2D eigenvalue weighted by molar-refractivity contribution is 0.0696. The molecular formula is C12H8ClN5O2. The first-order valence-corrected chi connectivity index (χ1v) is 5.93. The van der Waals surface area contributed by atoms with Gasteiger partial charge in [-0.25, -0.2) is 14.3 Å². The van der Waals surface area contributed by atoms with E-state index in [-0.39, 0.29) is 16.7 Å². The first-order valence-electron chi connectivity index (χ1n) is 5.56. The molecule has 20 heavy (non-hydrogen) atoms. The van der Waals surface area contributed by atoms with Gasteiger partial charge in [0.1, 0.15) is 5.15 Å². The van der Waals surface area contributed by atoms with Gasteiger partial charge < -0.3 is 10.8 Å². The standard InChI is InChI=1S/C12H8ClN5O2/c13-10-8(3-7(5-15-10)11(19)20)6-1-2-18-9(4-6)16-12(14)17-18/h1-5H,(H2,14,17)(H,19,20). The highest BCUT2D eigenvalue weighted by molar-refractivity contribution is 6.32. The molecule has 0 aromatic carbocycles. The second-order valence-electron chi connectivity index (χ2n) is 4.06. The molecule has 0 aliphatic rings. The van der Waals surface area contributed by atoms with Gasteiger partial charge in [0, 0.05) is 18.0 Å². The average molecular weight is 290 g/mol. The Morgan fingerprint density at radius 3 is 2.95 bits per heavy atom. The lowest BCUT2D eigenvalue weighted by Gasteiger charge is -2.05. The molecule has 3 rings (SSSR count). The number of aromatic nitrogens is 4. The molecular weight excluding hydrogens is 282 g/mol. The van der Waals surface area contributed by atoms with Crippen molar-refractivity contribution in [3.05, 3.63) is 41.3 Å². The molecule has 100 valence electrons. The molecule has 3 heterocycles. The van der Waals surface area contributed by atoms with E-state index in [2.05, 4.69) is 15.1 Å². The van der Waals surface area contributed by atoms with E-state index in [9.17, 15) is 4.79 Å². The van der Waals surface area contributed by atoms with E-state index in [1.54, 1.807) is 18.3 Å². The van der Waals surface area contributed by atoms with Crippen LogP contribution in [0.25, 0.3) is 16.8 Å². The zero-order valence-electron chi connectivity index (χ0n) is 9.99. The molecule has 0 saturated heterocycles. The summed E-state index contributed by atoms with van der Waals surface area (Å²) in [4.78, 5) is 18.9. The maximum absolute atomic E-state index is 11.0. The van der Waals surface area contributed by atoms with Gasteiger partial charge in [-0.1, -0.05) is 11.6 Å². The van der Waals surface area contributed by atoms with E-state index >= 15 is 0 Å². The number of pyridine rings is 2. The van der Waals surface area contributed by atoms with Crippen molar-refractivity contribution in [3.8, 4) is 11.1 Å². The third-order valence-corrected chi connectivity index (χ3v) is 3.05. The highest BCUT2D eigenvalue weighted by atomic mass is 35.5. The Morgan fingerprint density at radius 1 is 1.40 bits per heavy atom. The summed E-state index contributed by atoms with van der Waals surface area (Å²) >= 11 is 6.02. The normalized spacial score (nSPS) is 10.8. The minimum absolute atomic E-state index is 0.0604. The fourth-order valence-corrected chi connectivity index (χ4v) is 2.05. The molecule has 0 unspecified atom stereocenters. The van der Waals surface area contributed by atoms with Gasteiger partial charge in [0.15, 0.2) is 5.65 Å². The first-order chi connectivity index (χ1) is 9.54. The molecule has 0 fully saturated rings. The van der Waals surface area contributed by atoms with Crippen LogP contribution in [0.5, 0.6) is 0 Å². The van der Waals surface area contributed by atoms with E-state index in [1.807, 2.05) is 0 Å². The van der Waals surface area contributed by atoms with Gasteiger partial charge in [-0.3, -0.25) is 0 Å². The Balaban J connectivity index is 2.18. The van der Waals surface area contributed by atoms with Gasteiger partial charge in [-0.15, -0.1) is 5.10 Å². The van der Waals surface area contributed by atoms with Gasteiger partial charge in [0.25, 0.3) is 0 Å². The monoisotopic (exact) mass is 289 g/mol. The highest BCUT2D eigenvalue weighted by Crippen LogP contribution is 2.27. The third-order valence-electron chi connectivity index (χ3n) is 2.75. The van der Waals surface area contributed by atoms with Crippen LogP contribution in [-0.2, 0) is 0 Å². The van der Waals surface area contributed by atoms with Crippen molar-refractivity contribution in [2.24, 2.45) is 0 Å². The van der Waals surface area contributed by atoms with E-state index in [4.69, 9.17) is 22.4 Å². The molecule has 0 spiro atoms. The average Bonchev–Trinajstić information content (AvgIpc) is 2.78. The molecule has 0 saturated carbocycles. The molecule has 0 bridgehead atoms. The number of hydrogen-bond donors (Lipinski definition) is 2. The number of aromatic carboxylic acids is 1. The third kappa shape index (κ3) is 2.04. The minimum atomic E-state index is -1.07. The van der Waals surface area contributed by atoms with Crippen LogP contribution in [0.1, 0.15) is 10.4 Å². The smallest absolute Gasteiger partial charge is 0.337 e. The van der Waals surface area contributed by atoms with Crippen LogP contribution in [0.15, 0.2) is 30.6 Å². The van der Waals surface area contributed by atoms with Crippen molar-refractivity contribution in [1.82, 2.24) is 19.6 Å². The summed E-state index contributed by atoms with van der Waals surface area (Å²) in [6.07, 6.45) is 2.87. The van der Waals surface area contributed by atoms with Crippen molar-refractivity contribution in [2.75, 3.05) is 5.73 Å². The minimum Gasteiger partial charge on any atom is -0.478 e. The van der Waals surface area contributed by atoms with Crippen LogP contribution in [0.2, 0.25) is 5.15 Å². The van der Waals surface area contributed by atoms with Gasteiger partial charge in [0.2, 0.25) is 5.95 Å². The quantitative estimate of drug-likeness (QED) is 0.696.